The third kappa shape index (κ3) is 4.05. The minimum absolute atomic E-state index is 0.163. The molecule has 0 amide bonds. The summed E-state index contributed by atoms with van der Waals surface area (Å²) in [7, 11) is -5.67. The molecule has 0 bridgehead atoms. The van der Waals surface area contributed by atoms with Crippen molar-refractivity contribution in [3.8, 4) is 0 Å². The lowest BCUT2D eigenvalue weighted by atomic mass is 10.2. The zero-order valence-electron chi connectivity index (χ0n) is 14.2. The van der Waals surface area contributed by atoms with Crippen molar-refractivity contribution in [1.29, 1.82) is 0 Å². The number of anilines is 1. The molecule has 2 heterocycles. The van der Waals surface area contributed by atoms with Gasteiger partial charge >= 0.3 is 5.51 Å². The molecule has 0 atom stereocenters. The van der Waals surface area contributed by atoms with E-state index in [1.54, 1.807) is 6.92 Å². The minimum atomic E-state index is -5.67. The van der Waals surface area contributed by atoms with Crippen molar-refractivity contribution in [2.45, 2.75) is 23.9 Å². The molecule has 7 nitrogen and oxygen atoms in total. The summed E-state index contributed by atoms with van der Waals surface area (Å²) >= 11 is 0. The van der Waals surface area contributed by atoms with Crippen LogP contribution in [0, 0.1) is 12.7 Å². The molecule has 148 valence electrons. The van der Waals surface area contributed by atoms with Gasteiger partial charge in [-0.3, -0.25) is 4.90 Å². The van der Waals surface area contributed by atoms with Crippen LogP contribution in [0.3, 0.4) is 0 Å². The van der Waals surface area contributed by atoms with Crippen LogP contribution in [0.1, 0.15) is 11.7 Å². The summed E-state index contributed by atoms with van der Waals surface area (Å²) in [6, 6.07) is 2.41. The summed E-state index contributed by atoms with van der Waals surface area (Å²) < 4.78 is 80.8. The van der Waals surface area contributed by atoms with Gasteiger partial charge < -0.3 is 9.42 Å². The molecule has 1 fully saturated rings. The van der Waals surface area contributed by atoms with E-state index in [0.717, 1.165) is 12.1 Å². The lowest BCUT2D eigenvalue weighted by Gasteiger charge is -2.36. The van der Waals surface area contributed by atoms with E-state index < -0.39 is 26.1 Å². The highest BCUT2D eigenvalue weighted by atomic mass is 32.2. The van der Waals surface area contributed by atoms with Crippen molar-refractivity contribution < 1.29 is 30.5 Å². The SMILES string of the molecule is Cc1nc(CN2CCN(c3ccc(F)cc3S(=O)(=O)C(F)(F)F)CC2)no1. The van der Waals surface area contributed by atoms with Crippen molar-refractivity contribution in [3.05, 3.63) is 35.7 Å². The van der Waals surface area contributed by atoms with E-state index in [2.05, 4.69) is 10.1 Å². The molecule has 0 aliphatic carbocycles. The van der Waals surface area contributed by atoms with E-state index in [1.165, 1.54) is 4.90 Å². The summed E-state index contributed by atoms with van der Waals surface area (Å²) in [5, 5.41) is 3.78. The lowest BCUT2D eigenvalue weighted by molar-refractivity contribution is -0.0435. The molecule has 3 rings (SSSR count). The van der Waals surface area contributed by atoms with Gasteiger partial charge in [0, 0.05) is 33.1 Å². The van der Waals surface area contributed by atoms with Gasteiger partial charge in [0.2, 0.25) is 5.89 Å². The molecule has 1 aromatic heterocycles. The maximum Gasteiger partial charge on any atom is 0.501 e. The Labute approximate surface area is 152 Å². The maximum atomic E-state index is 13.5. The topological polar surface area (TPSA) is 79.5 Å². The standard InChI is InChI=1S/C15H16F4N4O3S/c1-10-20-14(21-26-10)9-22-4-6-23(7-5-22)12-3-2-11(16)8-13(12)27(24,25)15(17,18)19/h2-3,8H,4-7,9H2,1H3. The maximum absolute atomic E-state index is 13.5. The first-order valence-electron chi connectivity index (χ1n) is 7.95. The molecule has 0 unspecified atom stereocenters. The highest BCUT2D eigenvalue weighted by molar-refractivity contribution is 7.92. The number of halogens is 4. The molecule has 2 aromatic rings. The molecule has 0 radical (unpaired) electrons. The Bertz CT molecular complexity index is 921. The Hall–Kier alpha value is -2.21. The average molecular weight is 408 g/mol. The molecular weight excluding hydrogens is 392 g/mol. The van der Waals surface area contributed by atoms with E-state index in [-0.39, 0.29) is 18.8 Å². The van der Waals surface area contributed by atoms with Gasteiger partial charge in [0.1, 0.15) is 10.7 Å². The van der Waals surface area contributed by atoms with Crippen molar-refractivity contribution in [3.63, 3.8) is 0 Å². The monoisotopic (exact) mass is 408 g/mol. The number of piperazine rings is 1. The van der Waals surface area contributed by atoms with Crippen LogP contribution in [0.5, 0.6) is 0 Å². The molecule has 1 saturated heterocycles. The van der Waals surface area contributed by atoms with Gasteiger partial charge in [-0.1, -0.05) is 5.16 Å². The van der Waals surface area contributed by atoms with E-state index in [4.69, 9.17) is 4.52 Å². The van der Waals surface area contributed by atoms with Crippen LogP contribution in [0.25, 0.3) is 0 Å². The Balaban J connectivity index is 1.78. The Morgan fingerprint density at radius 2 is 1.85 bits per heavy atom. The molecular formula is C15H16F4N4O3S. The van der Waals surface area contributed by atoms with Crippen LogP contribution >= 0.6 is 0 Å². The van der Waals surface area contributed by atoms with Gasteiger partial charge in [0.25, 0.3) is 9.84 Å². The fourth-order valence-electron chi connectivity index (χ4n) is 2.84. The third-order valence-electron chi connectivity index (χ3n) is 4.16. The van der Waals surface area contributed by atoms with Gasteiger partial charge in [0.05, 0.1) is 12.2 Å². The van der Waals surface area contributed by atoms with Crippen LogP contribution in [-0.2, 0) is 16.4 Å². The van der Waals surface area contributed by atoms with Crippen LogP contribution in [0.15, 0.2) is 27.6 Å². The molecule has 1 aliphatic rings. The fourth-order valence-corrected chi connectivity index (χ4v) is 3.83. The highest BCUT2D eigenvalue weighted by Gasteiger charge is 2.48. The predicted octanol–water partition coefficient (Wildman–Crippen LogP) is 2.13. The van der Waals surface area contributed by atoms with Gasteiger partial charge in [-0.15, -0.1) is 0 Å². The van der Waals surface area contributed by atoms with Gasteiger partial charge in [-0.2, -0.15) is 18.2 Å². The minimum Gasteiger partial charge on any atom is -0.368 e. The van der Waals surface area contributed by atoms with E-state index in [0.29, 0.717) is 37.4 Å². The second kappa shape index (κ2) is 7.08. The molecule has 0 saturated carbocycles. The second-order valence-electron chi connectivity index (χ2n) is 6.05. The van der Waals surface area contributed by atoms with Crippen LogP contribution in [0.4, 0.5) is 23.2 Å². The molecule has 1 aliphatic heterocycles. The number of nitrogens with zero attached hydrogens (tertiary/aromatic N) is 4. The van der Waals surface area contributed by atoms with E-state index >= 15 is 0 Å². The Morgan fingerprint density at radius 3 is 2.41 bits per heavy atom. The number of hydrogen-bond acceptors (Lipinski definition) is 7. The summed E-state index contributed by atoms with van der Waals surface area (Å²) in [5.74, 6) is -0.132. The summed E-state index contributed by atoms with van der Waals surface area (Å²) in [6.07, 6.45) is 0. The van der Waals surface area contributed by atoms with Crippen LogP contribution in [0.2, 0.25) is 0 Å². The number of alkyl halides is 3. The van der Waals surface area contributed by atoms with Crippen molar-refractivity contribution in [1.82, 2.24) is 15.0 Å². The lowest BCUT2D eigenvalue weighted by Crippen LogP contribution is -2.46. The predicted molar refractivity (Wildman–Crippen MR) is 86.2 cm³/mol. The molecule has 0 spiro atoms. The second-order valence-corrected chi connectivity index (χ2v) is 7.96. The molecule has 12 heteroatoms. The van der Waals surface area contributed by atoms with E-state index in [9.17, 15) is 26.0 Å². The quantitative estimate of drug-likeness (QED) is 0.717. The van der Waals surface area contributed by atoms with Gasteiger partial charge in [0.15, 0.2) is 5.82 Å². The smallest absolute Gasteiger partial charge is 0.368 e. The van der Waals surface area contributed by atoms with Crippen LogP contribution in [-0.4, -0.2) is 55.1 Å². The fraction of sp³-hybridized carbons (Fsp3) is 0.467. The average Bonchev–Trinajstić information content (AvgIpc) is 2.99. The summed E-state index contributed by atoms with van der Waals surface area (Å²) in [4.78, 5) is 6.47. The number of aryl methyl sites for hydroxylation is 1. The third-order valence-corrected chi connectivity index (χ3v) is 5.68. The number of rotatable bonds is 4. The van der Waals surface area contributed by atoms with Gasteiger partial charge in [-0.25, -0.2) is 12.8 Å². The van der Waals surface area contributed by atoms with Gasteiger partial charge in [-0.05, 0) is 18.2 Å². The first-order valence-corrected chi connectivity index (χ1v) is 9.43. The number of aromatic nitrogens is 2. The first-order chi connectivity index (χ1) is 12.6. The Kier molecular flexibility index (Phi) is 5.12. The molecule has 1 aromatic carbocycles. The van der Waals surface area contributed by atoms with Crippen molar-refractivity contribution >= 4 is 15.5 Å². The Morgan fingerprint density at radius 1 is 1.19 bits per heavy atom. The molecule has 27 heavy (non-hydrogen) atoms. The van der Waals surface area contributed by atoms with E-state index in [1.807, 2.05) is 4.90 Å². The zero-order chi connectivity index (χ0) is 19.8. The number of benzene rings is 1. The van der Waals surface area contributed by atoms with Crippen LogP contribution < -0.4 is 4.90 Å². The van der Waals surface area contributed by atoms with Crippen molar-refractivity contribution in [2.75, 3.05) is 31.1 Å². The number of hydrogen-bond donors (Lipinski definition) is 0. The normalized spacial score (nSPS) is 16.7. The molecule has 0 N–H and O–H groups in total. The first kappa shape index (κ1) is 19.5. The number of sulfone groups is 1. The summed E-state index contributed by atoms with van der Waals surface area (Å²) in [5.41, 5.74) is -5.67. The largest absolute Gasteiger partial charge is 0.501 e. The van der Waals surface area contributed by atoms with Crippen molar-refractivity contribution in [2.24, 2.45) is 0 Å². The highest BCUT2D eigenvalue weighted by Crippen LogP contribution is 2.36. The summed E-state index contributed by atoms with van der Waals surface area (Å²) in [6.45, 7) is 3.48. The zero-order valence-corrected chi connectivity index (χ0v) is 15.0.